The molecule has 1 aromatic carbocycles. The second kappa shape index (κ2) is 8.41. The molecule has 0 atom stereocenters. The normalized spacial score (nSPS) is 16.1. The van der Waals surface area contributed by atoms with Crippen LogP contribution in [0, 0.1) is 5.92 Å². The van der Waals surface area contributed by atoms with Gasteiger partial charge in [-0.25, -0.2) is 8.78 Å². The molecule has 1 saturated heterocycles. The Bertz CT molecular complexity index is 953. The average Bonchev–Trinajstić information content (AvgIpc) is 3.22. The highest BCUT2D eigenvalue weighted by atomic mass is 32.1. The number of piperidine rings is 1. The summed E-state index contributed by atoms with van der Waals surface area (Å²) in [7, 11) is 0. The Morgan fingerprint density at radius 2 is 2.00 bits per heavy atom. The van der Waals surface area contributed by atoms with E-state index in [0.717, 1.165) is 26.9 Å². The van der Waals surface area contributed by atoms with Crippen LogP contribution >= 0.6 is 11.3 Å². The van der Waals surface area contributed by atoms with Crippen LogP contribution in [0.25, 0.3) is 21.2 Å². The number of fused-ring (bicyclic) bond motifs is 1. The van der Waals surface area contributed by atoms with Crippen molar-refractivity contribution in [3.05, 3.63) is 47.9 Å². The van der Waals surface area contributed by atoms with Crippen molar-refractivity contribution in [3.63, 3.8) is 0 Å². The van der Waals surface area contributed by atoms with Gasteiger partial charge in [-0.1, -0.05) is 12.1 Å². The molecule has 4 nitrogen and oxygen atoms in total. The summed E-state index contributed by atoms with van der Waals surface area (Å²) < 4.78 is 25.5. The van der Waals surface area contributed by atoms with E-state index in [9.17, 15) is 13.6 Å². The highest BCUT2D eigenvalue weighted by Crippen LogP contribution is 2.27. The van der Waals surface area contributed by atoms with Crippen LogP contribution in [0.2, 0.25) is 0 Å². The van der Waals surface area contributed by atoms with Crippen LogP contribution < -0.4 is 0 Å². The fraction of sp³-hybridized carbons (Fsp3) is 0.381. The van der Waals surface area contributed by atoms with E-state index in [4.69, 9.17) is 0 Å². The molecule has 0 bridgehead atoms. The molecular weight excluding hydrogens is 380 g/mol. The van der Waals surface area contributed by atoms with Crippen molar-refractivity contribution in [2.24, 2.45) is 5.92 Å². The average molecular weight is 401 g/mol. The maximum atomic E-state index is 12.7. The van der Waals surface area contributed by atoms with Crippen LogP contribution in [0.15, 0.2) is 42.2 Å². The van der Waals surface area contributed by atoms with Gasteiger partial charge in [0.2, 0.25) is 6.43 Å². The van der Waals surface area contributed by atoms with Crippen LogP contribution in [-0.4, -0.2) is 46.7 Å². The number of pyridine rings is 1. The number of halogens is 2. The lowest BCUT2D eigenvalue weighted by Gasteiger charge is -2.30. The lowest BCUT2D eigenvalue weighted by molar-refractivity contribution is -0.120. The van der Waals surface area contributed by atoms with E-state index in [2.05, 4.69) is 16.0 Å². The topological polar surface area (TPSA) is 46.1 Å². The maximum Gasteiger partial charge on any atom is 0.241 e. The summed E-state index contributed by atoms with van der Waals surface area (Å²) in [6.45, 7) is 1.42. The minimum atomic E-state index is -2.26. The summed E-state index contributed by atoms with van der Waals surface area (Å²) in [5.74, 6) is -0.456. The maximum absolute atomic E-state index is 12.7. The number of carbonyl (C=O) groups is 1. The first-order valence-corrected chi connectivity index (χ1v) is 10.3. The lowest BCUT2D eigenvalue weighted by Crippen LogP contribution is -2.39. The largest absolute Gasteiger partial charge is 0.298 e. The van der Waals surface area contributed by atoms with Gasteiger partial charge in [0.25, 0.3) is 0 Å². The molecule has 1 aliphatic rings. The van der Waals surface area contributed by atoms with Crippen molar-refractivity contribution in [3.8, 4) is 10.4 Å². The number of Topliss-reactive ketones (excluding diaryl/α,β-unsaturated/α-hetero) is 1. The number of hydrogen-bond donors (Lipinski definition) is 0. The van der Waals surface area contributed by atoms with Gasteiger partial charge in [-0.3, -0.25) is 19.7 Å². The molecule has 28 heavy (non-hydrogen) atoms. The number of alkyl halides is 2. The predicted octanol–water partition coefficient (Wildman–Crippen LogP) is 4.45. The second-order valence-electron chi connectivity index (χ2n) is 7.27. The third-order valence-electron chi connectivity index (χ3n) is 5.26. The van der Waals surface area contributed by atoms with Crippen LogP contribution in [0.1, 0.15) is 18.5 Å². The van der Waals surface area contributed by atoms with Gasteiger partial charge in [0.1, 0.15) is 0 Å². The van der Waals surface area contributed by atoms with Crippen molar-refractivity contribution in [1.82, 2.24) is 14.9 Å². The molecule has 2 aromatic heterocycles. The minimum Gasteiger partial charge on any atom is -0.298 e. The Hall–Kier alpha value is -2.25. The van der Waals surface area contributed by atoms with Crippen molar-refractivity contribution >= 4 is 27.9 Å². The van der Waals surface area contributed by atoms with Crippen molar-refractivity contribution in [1.29, 1.82) is 0 Å². The molecule has 0 spiro atoms. The molecule has 1 fully saturated rings. The summed E-state index contributed by atoms with van der Waals surface area (Å²) >= 11 is 1.59. The molecule has 7 heteroatoms. The molecule has 1 aliphatic heterocycles. The van der Waals surface area contributed by atoms with Crippen LogP contribution in [-0.2, 0) is 11.2 Å². The summed E-state index contributed by atoms with van der Waals surface area (Å²) in [5.41, 5.74) is 3.64. The number of rotatable bonds is 6. The standard InChI is InChI=1S/C21H21F2N3OS/c22-21(23)14-3-5-26(6-4-14)12-19(27)9-18-8-17-7-15(20-11-24-13-28-20)1-2-16(17)10-25-18/h1-2,7-8,10-11,13-14,21H,3-6,9,12H2. The van der Waals surface area contributed by atoms with Crippen LogP contribution in [0.3, 0.4) is 0 Å². The molecule has 0 aliphatic carbocycles. The summed E-state index contributed by atoms with van der Waals surface area (Å²) in [4.78, 5) is 24.1. The third-order valence-corrected chi connectivity index (χ3v) is 6.08. The van der Waals surface area contributed by atoms with Crippen LogP contribution in [0.4, 0.5) is 8.78 Å². The van der Waals surface area contributed by atoms with Gasteiger partial charge in [-0.2, -0.15) is 0 Å². The van der Waals surface area contributed by atoms with Crippen molar-refractivity contribution in [2.45, 2.75) is 25.7 Å². The van der Waals surface area contributed by atoms with E-state index in [1.54, 1.807) is 23.0 Å². The number of thiazole rings is 1. The molecule has 146 valence electrons. The zero-order valence-electron chi connectivity index (χ0n) is 15.4. The monoisotopic (exact) mass is 401 g/mol. The number of hydrogen-bond acceptors (Lipinski definition) is 5. The first kappa shape index (κ1) is 19.1. The zero-order valence-corrected chi connectivity index (χ0v) is 16.2. The number of benzene rings is 1. The van der Waals surface area contributed by atoms with E-state index in [-0.39, 0.29) is 12.2 Å². The fourth-order valence-electron chi connectivity index (χ4n) is 3.67. The highest BCUT2D eigenvalue weighted by molar-refractivity contribution is 7.13. The number of nitrogens with zero attached hydrogens (tertiary/aromatic N) is 3. The van der Waals surface area contributed by atoms with Gasteiger partial charge in [-0.05, 0) is 49.0 Å². The number of aromatic nitrogens is 2. The van der Waals surface area contributed by atoms with Gasteiger partial charge in [0, 0.05) is 29.4 Å². The molecule has 0 saturated carbocycles. The lowest BCUT2D eigenvalue weighted by atomic mass is 9.97. The van der Waals surface area contributed by atoms with Gasteiger partial charge in [0.15, 0.2) is 5.78 Å². The molecule has 3 aromatic rings. The van der Waals surface area contributed by atoms with Gasteiger partial charge < -0.3 is 0 Å². The first-order valence-electron chi connectivity index (χ1n) is 9.38. The summed E-state index contributed by atoms with van der Waals surface area (Å²) in [6, 6.07) is 8.12. The van der Waals surface area contributed by atoms with Gasteiger partial charge in [0.05, 0.1) is 23.4 Å². The minimum absolute atomic E-state index is 0.0703. The molecule has 0 amide bonds. The quantitative estimate of drug-likeness (QED) is 0.612. The van der Waals surface area contributed by atoms with E-state index in [1.165, 1.54) is 0 Å². The molecule has 0 N–H and O–H groups in total. The Kier molecular flexibility index (Phi) is 5.73. The second-order valence-corrected chi connectivity index (χ2v) is 8.15. The van der Waals surface area contributed by atoms with Crippen LogP contribution in [0.5, 0.6) is 0 Å². The fourth-order valence-corrected chi connectivity index (χ4v) is 4.29. The zero-order chi connectivity index (χ0) is 19.5. The van der Waals surface area contributed by atoms with E-state index < -0.39 is 12.3 Å². The summed E-state index contributed by atoms with van der Waals surface area (Å²) in [6.07, 6.45) is 2.56. The molecule has 4 rings (SSSR count). The van der Waals surface area contributed by atoms with E-state index in [1.807, 2.05) is 29.3 Å². The molecule has 0 radical (unpaired) electrons. The highest BCUT2D eigenvalue weighted by Gasteiger charge is 2.26. The Labute approximate surface area is 166 Å². The SMILES string of the molecule is O=C(Cc1cc2cc(-c3cncs3)ccc2cn1)CN1CCC(C(F)F)CC1. The number of likely N-dealkylation sites (tertiary alicyclic amines) is 1. The first-order chi connectivity index (χ1) is 13.6. The van der Waals surface area contributed by atoms with Gasteiger partial charge >= 0.3 is 0 Å². The van der Waals surface area contributed by atoms with Gasteiger partial charge in [-0.15, -0.1) is 11.3 Å². The van der Waals surface area contributed by atoms with E-state index >= 15 is 0 Å². The molecule has 3 heterocycles. The van der Waals surface area contributed by atoms with Crippen molar-refractivity contribution in [2.75, 3.05) is 19.6 Å². The Balaban J connectivity index is 1.41. The number of carbonyl (C=O) groups excluding carboxylic acids is 1. The van der Waals surface area contributed by atoms with Crippen molar-refractivity contribution < 1.29 is 13.6 Å². The molecule has 0 unspecified atom stereocenters. The number of ketones is 1. The Morgan fingerprint density at radius 1 is 1.18 bits per heavy atom. The Morgan fingerprint density at radius 3 is 2.71 bits per heavy atom. The smallest absolute Gasteiger partial charge is 0.241 e. The van der Waals surface area contributed by atoms with E-state index in [0.29, 0.717) is 32.5 Å². The third kappa shape index (κ3) is 4.42. The molecular formula is C21H21F2N3OS. The summed E-state index contributed by atoms with van der Waals surface area (Å²) in [5, 5.41) is 2.07. The predicted molar refractivity (Wildman–Crippen MR) is 107 cm³/mol.